The molecule has 0 aliphatic carbocycles. The van der Waals surface area contributed by atoms with Gasteiger partial charge in [-0.15, -0.1) is 0 Å². The Morgan fingerprint density at radius 2 is 1.93 bits per heavy atom. The first-order chi connectivity index (χ1) is 6.90. The number of rotatable bonds is 3. The fourth-order valence-corrected chi connectivity index (χ4v) is 1.49. The van der Waals surface area contributed by atoms with Crippen molar-refractivity contribution in [2.45, 2.75) is 19.8 Å². The summed E-state index contributed by atoms with van der Waals surface area (Å²) in [5, 5.41) is 3.89. The van der Waals surface area contributed by atoms with Gasteiger partial charge in [0.1, 0.15) is 12.0 Å². The summed E-state index contributed by atoms with van der Waals surface area (Å²) in [6.45, 7) is 2.19. The predicted octanol–water partition coefficient (Wildman–Crippen LogP) is 3.29. The number of hydrogen-bond acceptors (Lipinski definition) is 2. The first kappa shape index (κ1) is 9.00. The highest BCUT2D eigenvalue weighted by atomic mass is 16.5. The topological polar surface area (TPSA) is 26.0 Å². The Morgan fingerprint density at radius 3 is 2.50 bits per heavy atom. The van der Waals surface area contributed by atoms with E-state index >= 15 is 0 Å². The van der Waals surface area contributed by atoms with Gasteiger partial charge in [-0.3, -0.25) is 0 Å². The van der Waals surface area contributed by atoms with Gasteiger partial charge in [0.2, 0.25) is 0 Å². The van der Waals surface area contributed by atoms with Crippen molar-refractivity contribution in [2.24, 2.45) is 0 Å². The van der Waals surface area contributed by atoms with Crippen LogP contribution < -0.4 is 0 Å². The molecule has 2 heteroatoms. The Kier molecular flexibility index (Phi) is 2.63. The Bertz CT molecular complexity index is 375. The zero-order valence-corrected chi connectivity index (χ0v) is 8.23. The van der Waals surface area contributed by atoms with Gasteiger partial charge in [-0.05, 0) is 12.0 Å². The van der Waals surface area contributed by atoms with Gasteiger partial charge in [0.15, 0.2) is 0 Å². The molecule has 0 bridgehead atoms. The maximum Gasteiger partial charge on any atom is 0.124 e. The van der Waals surface area contributed by atoms with Gasteiger partial charge in [-0.1, -0.05) is 42.8 Å². The highest BCUT2D eigenvalue weighted by Gasteiger charge is 1.99. The monoisotopic (exact) mass is 187 g/mol. The van der Waals surface area contributed by atoms with Gasteiger partial charge < -0.3 is 4.52 Å². The average molecular weight is 187 g/mol. The molecule has 0 saturated carbocycles. The van der Waals surface area contributed by atoms with Crippen molar-refractivity contribution in [1.82, 2.24) is 5.16 Å². The fraction of sp³-hybridized carbons (Fsp3) is 0.250. The van der Waals surface area contributed by atoms with Crippen LogP contribution in [0, 0.1) is 0 Å². The molecule has 2 aromatic rings. The van der Waals surface area contributed by atoms with Crippen molar-refractivity contribution in [1.29, 1.82) is 0 Å². The Balaban J connectivity index is 2.22. The van der Waals surface area contributed by atoms with E-state index in [1.54, 1.807) is 6.26 Å². The molecule has 0 fully saturated rings. The molecular formula is C12H13NO. The van der Waals surface area contributed by atoms with Crippen molar-refractivity contribution in [3.8, 4) is 11.3 Å². The highest BCUT2D eigenvalue weighted by molar-refractivity contribution is 5.58. The lowest BCUT2D eigenvalue weighted by molar-refractivity contribution is 0.422. The van der Waals surface area contributed by atoms with Gasteiger partial charge in [0, 0.05) is 11.6 Å². The van der Waals surface area contributed by atoms with E-state index in [0.717, 1.165) is 17.7 Å². The summed E-state index contributed by atoms with van der Waals surface area (Å²) < 4.78 is 4.80. The van der Waals surface area contributed by atoms with E-state index in [2.05, 4.69) is 36.3 Å². The largest absolute Gasteiger partial charge is 0.364 e. The molecule has 2 nitrogen and oxygen atoms in total. The van der Waals surface area contributed by atoms with Gasteiger partial charge in [0.05, 0.1) is 0 Å². The minimum absolute atomic E-state index is 0.896. The number of benzene rings is 1. The lowest BCUT2D eigenvalue weighted by Gasteiger charge is -1.99. The van der Waals surface area contributed by atoms with Crippen LogP contribution in [-0.2, 0) is 6.42 Å². The van der Waals surface area contributed by atoms with Crippen LogP contribution in [0.4, 0.5) is 0 Å². The van der Waals surface area contributed by atoms with E-state index in [0.29, 0.717) is 0 Å². The summed E-state index contributed by atoms with van der Waals surface area (Å²) in [6, 6.07) is 10.3. The van der Waals surface area contributed by atoms with E-state index in [1.165, 1.54) is 12.0 Å². The summed E-state index contributed by atoms with van der Waals surface area (Å²) in [4.78, 5) is 0. The molecule has 0 N–H and O–H groups in total. The van der Waals surface area contributed by atoms with Crippen LogP contribution in [0.15, 0.2) is 41.1 Å². The van der Waals surface area contributed by atoms with Crippen LogP contribution in [0.5, 0.6) is 0 Å². The molecule has 72 valence electrons. The molecule has 0 radical (unpaired) electrons. The molecule has 0 unspecified atom stereocenters. The Morgan fingerprint density at radius 1 is 1.14 bits per heavy atom. The molecule has 0 saturated heterocycles. The summed E-state index contributed by atoms with van der Waals surface area (Å²) in [5.74, 6) is 0. The van der Waals surface area contributed by atoms with Crippen molar-refractivity contribution < 1.29 is 4.52 Å². The number of aromatic nitrogens is 1. The molecule has 0 amide bonds. The third kappa shape index (κ3) is 1.84. The fourth-order valence-electron chi connectivity index (χ4n) is 1.49. The normalized spacial score (nSPS) is 10.4. The Hall–Kier alpha value is -1.57. The predicted molar refractivity (Wildman–Crippen MR) is 55.9 cm³/mol. The van der Waals surface area contributed by atoms with Crippen molar-refractivity contribution in [3.63, 3.8) is 0 Å². The van der Waals surface area contributed by atoms with Crippen LogP contribution in [0.25, 0.3) is 11.3 Å². The zero-order chi connectivity index (χ0) is 9.80. The van der Waals surface area contributed by atoms with Crippen LogP contribution in [0.2, 0.25) is 0 Å². The molecule has 0 aliphatic heterocycles. The van der Waals surface area contributed by atoms with Gasteiger partial charge >= 0.3 is 0 Å². The van der Waals surface area contributed by atoms with E-state index in [-0.39, 0.29) is 0 Å². The van der Waals surface area contributed by atoms with Crippen LogP contribution in [0.3, 0.4) is 0 Å². The average Bonchev–Trinajstić information content (AvgIpc) is 2.72. The second kappa shape index (κ2) is 4.09. The van der Waals surface area contributed by atoms with E-state index < -0.39 is 0 Å². The van der Waals surface area contributed by atoms with Crippen molar-refractivity contribution >= 4 is 0 Å². The highest BCUT2D eigenvalue weighted by Crippen LogP contribution is 2.17. The third-order valence-corrected chi connectivity index (χ3v) is 2.23. The van der Waals surface area contributed by atoms with Crippen LogP contribution >= 0.6 is 0 Å². The number of hydrogen-bond donors (Lipinski definition) is 0. The minimum atomic E-state index is 0.896. The maximum atomic E-state index is 4.80. The quantitative estimate of drug-likeness (QED) is 0.736. The van der Waals surface area contributed by atoms with Gasteiger partial charge in [0.25, 0.3) is 0 Å². The lowest BCUT2D eigenvalue weighted by atomic mass is 10.1. The minimum Gasteiger partial charge on any atom is -0.364 e. The maximum absolute atomic E-state index is 4.80. The first-order valence-electron chi connectivity index (χ1n) is 4.90. The van der Waals surface area contributed by atoms with E-state index in [1.807, 2.05) is 6.07 Å². The molecule has 0 aliphatic rings. The summed E-state index contributed by atoms with van der Waals surface area (Å²) >= 11 is 0. The molecule has 1 heterocycles. The van der Waals surface area contributed by atoms with Crippen molar-refractivity contribution in [2.75, 3.05) is 0 Å². The van der Waals surface area contributed by atoms with E-state index in [4.69, 9.17) is 4.52 Å². The van der Waals surface area contributed by atoms with Crippen molar-refractivity contribution in [3.05, 3.63) is 42.2 Å². The number of nitrogens with zero attached hydrogens (tertiary/aromatic N) is 1. The second-order valence-corrected chi connectivity index (χ2v) is 3.33. The second-order valence-electron chi connectivity index (χ2n) is 3.33. The smallest absolute Gasteiger partial charge is 0.124 e. The molecule has 2 rings (SSSR count). The zero-order valence-electron chi connectivity index (χ0n) is 8.23. The van der Waals surface area contributed by atoms with Gasteiger partial charge in [-0.2, -0.15) is 0 Å². The molecule has 1 aromatic heterocycles. The molecule has 1 aromatic carbocycles. The summed E-state index contributed by atoms with van der Waals surface area (Å²) in [7, 11) is 0. The molecule has 14 heavy (non-hydrogen) atoms. The molecule has 0 spiro atoms. The SMILES string of the molecule is CCCc1ccc(-c2ccon2)cc1. The summed E-state index contributed by atoms with van der Waals surface area (Å²) in [6.07, 6.45) is 3.91. The van der Waals surface area contributed by atoms with Crippen LogP contribution in [-0.4, -0.2) is 5.16 Å². The first-order valence-corrected chi connectivity index (χ1v) is 4.90. The van der Waals surface area contributed by atoms with E-state index in [9.17, 15) is 0 Å². The summed E-state index contributed by atoms with van der Waals surface area (Å²) in [5.41, 5.74) is 3.38. The lowest BCUT2D eigenvalue weighted by Crippen LogP contribution is -1.83. The number of aryl methyl sites for hydroxylation is 1. The standard InChI is InChI=1S/C12H13NO/c1-2-3-10-4-6-11(7-5-10)12-8-9-14-13-12/h4-9H,2-3H2,1H3. The third-order valence-electron chi connectivity index (χ3n) is 2.23. The molecule has 0 atom stereocenters. The van der Waals surface area contributed by atoms with Crippen LogP contribution in [0.1, 0.15) is 18.9 Å². The molecular weight excluding hydrogens is 174 g/mol. The van der Waals surface area contributed by atoms with Gasteiger partial charge in [-0.25, -0.2) is 0 Å². The Labute approximate surface area is 83.5 Å².